The van der Waals surface area contributed by atoms with Crippen LogP contribution in [0, 0.1) is 10.1 Å². The third kappa shape index (κ3) is 3.19. The number of nitro groups is 1. The highest BCUT2D eigenvalue weighted by molar-refractivity contribution is 7.09. The van der Waals surface area contributed by atoms with Crippen molar-refractivity contribution in [2.45, 2.75) is 6.54 Å². The summed E-state index contributed by atoms with van der Waals surface area (Å²) < 4.78 is 0. The average Bonchev–Trinajstić information content (AvgIpc) is 2.98. The van der Waals surface area contributed by atoms with Gasteiger partial charge in [0, 0.05) is 25.0 Å². The molecular weight excluding hydrogens is 290 g/mol. The van der Waals surface area contributed by atoms with E-state index in [1.165, 1.54) is 12.1 Å². The molecule has 0 radical (unpaired) electrons. The van der Waals surface area contributed by atoms with Gasteiger partial charge in [0.1, 0.15) is 5.69 Å². The van der Waals surface area contributed by atoms with E-state index in [4.69, 9.17) is 0 Å². The summed E-state index contributed by atoms with van der Waals surface area (Å²) in [5.41, 5.74) is 0.434. The fourth-order valence-electron chi connectivity index (χ4n) is 2.05. The van der Waals surface area contributed by atoms with E-state index < -0.39 is 4.92 Å². The minimum atomic E-state index is -0.498. The summed E-state index contributed by atoms with van der Waals surface area (Å²) in [6.45, 7) is 0.475. The maximum atomic E-state index is 12.5. The highest BCUT2D eigenvalue weighted by Crippen LogP contribution is 2.28. The predicted octanol–water partition coefficient (Wildman–Crippen LogP) is 2.97. The van der Waals surface area contributed by atoms with E-state index in [-0.39, 0.29) is 17.3 Å². The zero-order valence-corrected chi connectivity index (χ0v) is 12.5. The number of amides is 1. The number of nitro benzene ring substituents is 1. The number of para-hydroxylation sites is 1. The van der Waals surface area contributed by atoms with Gasteiger partial charge in [0.2, 0.25) is 0 Å². The Bertz CT molecular complexity index is 655. The third-order valence-electron chi connectivity index (χ3n) is 3.04. The van der Waals surface area contributed by atoms with Gasteiger partial charge in [0.15, 0.2) is 0 Å². The second-order valence-electron chi connectivity index (χ2n) is 4.45. The van der Waals surface area contributed by atoms with Crippen LogP contribution in [0.2, 0.25) is 0 Å². The summed E-state index contributed by atoms with van der Waals surface area (Å²) in [6.07, 6.45) is 0. The minimum Gasteiger partial charge on any atom is -0.382 e. The first kappa shape index (κ1) is 15.0. The molecule has 110 valence electrons. The molecule has 1 aromatic carbocycles. The number of hydrogen-bond acceptors (Lipinski definition) is 5. The first-order chi connectivity index (χ1) is 10.0. The number of benzene rings is 1. The summed E-state index contributed by atoms with van der Waals surface area (Å²) in [6, 6.07) is 8.35. The Morgan fingerprint density at radius 1 is 1.38 bits per heavy atom. The Morgan fingerprint density at radius 2 is 2.14 bits per heavy atom. The molecule has 7 heteroatoms. The second kappa shape index (κ2) is 6.36. The fourth-order valence-corrected chi connectivity index (χ4v) is 2.80. The molecule has 0 saturated heterocycles. The number of rotatable bonds is 5. The summed E-state index contributed by atoms with van der Waals surface area (Å²) in [4.78, 5) is 25.6. The normalized spacial score (nSPS) is 10.2. The molecule has 0 aliphatic heterocycles. The van der Waals surface area contributed by atoms with Gasteiger partial charge in [0.05, 0.1) is 17.0 Å². The Morgan fingerprint density at radius 3 is 2.71 bits per heavy atom. The molecule has 2 rings (SSSR count). The zero-order valence-electron chi connectivity index (χ0n) is 11.7. The van der Waals surface area contributed by atoms with Crippen molar-refractivity contribution in [1.82, 2.24) is 4.90 Å². The van der Waals surface area contributed by atoms with Crippen LogP contribution < -0.4 is 5.32 Å². The van der Waals surface area contributed by atoms with Crippen LogP contribution in [0.15, 0.2) is 35.7 Å². The molecule has 0 atom stereocenters. The Kier molecular flexibility index (Phi) is 4.54. The molecule has 1 heterocycles. The van der Waals surface area contributed by atoms with E-state index in [9.17, 15) is 14.9 Å². The fraction of sp³-hybridized carbons (Fsp3) is 0.214. The molecule has 0 aliphatic carbocycles. The van der Waals surface area contributed by atoms with E-state index in [2.05, 4.69) is 5.32 Å². The number of anilines is 1. The van der Waals surface area contributed by atoms with Gasteiger partial charge in [-0.3, -0.25) is 14.9 Å². The van der Waals surface area contributed by atoms with Gasteiger partial charge in [0.25, 0.3) is 11.6 Å². The molecular formula is C14H15N3O3S. The molecule has 1 amide bonds. The molecule has 0 aliphatic rings. The summed E-state index contributed by atoms with van der Waals surface area (Å²) in [5.74, 6) is -0.253. The van der Waals surface area contributed by atoms with Crippen LogP contribution in [0.3, 0.4) is 0 Å². The van der Waals surface area contributed by atoms with Gasteiger partial charge in [-0.05, 0) is 17.5 Å². The highest BCUT2D eigenvalue weighted by atomic mass is 32.1. The average molecular weight is 305 g/mol. The lowest BCUT2D eigenvalue weighted by molar-refractivity contribution is -0.384. The topological polar surface area (TPSA) is 75.5 Å². The summed E-state index contributed by atoms with van der Waals surface area (Å²) >= 11 is 1.56. The van der Waals surface area contributed by atoms with Crippen molar-refractivity contribution in [3.63, 3.8) is 0 Å². The van der Waals surface area contributed by atoms with E-state index in [0.29, 0.717) is 12.1 Å². The van der Waals surface area contributed by atoms with E-state index in [1.807, 2.05) is 17.5 Å². The van der Waals surface area contributed by atoms with Crippen LogP contribution in [0.5, 0.6) is 0 Å². The van der Waals surface area contributed by atoms with Crippen molar-refractivity contribution in [2.75, 3.05) is 19.4 Å². The van der Waals surface area contributed by atoms with Gasteiger partial charge in [-0.15, -0.1) is 11.3 Å². The SMILES string of the molecule is CNc1c(C(=O)N(C)Cc2cccs2)cccc1[N+](=O)[O-]. The lowest BCUT2D eigenvalue weighted by atomic mass is 10.1. The third-order valence-corrected chi connectivity index (χ3v) is 3.90. The summed E-state index contributed by atoms with van der Waals surface area (Å²) in [5, 5.41) is 15.7. The van der Waals surface area contributed by atoms with Gasteiger partial charge in [-0.2, -0.15) is 0 Å². The standard InChI is InChI=1S/C14H15N3O3S/c1-15-13-11(6-3-7-12(13)17(19)20)14(18)16(2)9-10-5-4-8-21-10/h3-8,15H,9H2,1-2H3. The number of carbonyl (C=O) groups excluding carboxylic acids is 1. The van der Waals surface area contributed by atoms with Crippen LogP contribution in [0.4, 0.5) is 11.4 Å². The van der Waals surface area contributed by atoms with Crippen molar-refractivity contribution in [1.29, 1.82) is 0 Å². The van der Waals surface area contributed by atoms with Crippen molar-refractivity contribution in [3.8, 4) is 0 Å². The lowest BCUT2D eigenvalue weighted by Crippen LogP contribution is -2.26. The van der Waals surface area contributed by atoms with Crippen molar-refractivity contribution in [3.05, 3.63) is 56.3 Å². The molecule has 0 bridgehead atoms. The van der Waals surface area contributed by atoms with Gasteiger partial charge >= 0.3 is 0 Å². The number of carbonyl (C=O) groups is 1. The number of nitrogens with one attached hydrogen (secondary N) is 1. The van der Waals surface area contributed by atoms with Gasteiger partial charge in [-0.1, -0.05) is 12.1 Å². The van der Waals surface area contributed by atoms with Crippen LogP contribution >= 0.6 is 11.3 Å². The molecule has 6 nitrogen and oxygen atoms in total. The molecule has 21 heavy (non-hydrogen) atoms. The number of nitrogens with zero attached hydrogens (tertiary/aromatic N) is 2. The van der Waals surface area contributed by atoms with Crippen LogP contribution in [-0.4, -0.2) is 29.8 Å². The largest absolute Gasteiger partial charge is 0.382 e. The van der Waals surface area contributed by atoms with Crippen LogP contribution in [-0.2, 0) is 6.54 Å². The second-order valence-corrected chi connectivity index (χ2v) is 5.48. The van der Waals surface area contributed by atoms with E-state index in [0.717, 1.165) is 4.88 Å². The van der Waals surface area contributed by atoms with Crippen molar-refractivity contribution in [2.24, 2.45) is 0 Å². The molecule has 0 fully saturated rings. The smallest absolute Gasteiger partial charge is 0.293 e. The predicted molar refractivity (Wildman–Crippen MR) is 82.8 cm³/mol. The monoisotopic (exact) mass is 305 g/mol. The van der Waals surface area contributed by atoms with E-state index in [1.54, 1.807) is 36.4 Å². The van der Waals surface area contributed by atoms with Crippen molar-refractivity contribution >= 4 is 28.6 Å². The maximum Gasteiger partial charge on any atom is 0.293 e. The van der Waals surface area contributed by atoms with Crippen molar-refractivity contribution < 1.29 is 9.72 Å². The Labute approximate surface area is 126 Å². The van der Waals surface area contributed by atoms with Gasteiger partial charge in [-0.25, -0.2) is 0 Å². The quantitative estimate of drug-likeness (QED) is 0.680. The zero-order chi connectivity index (χ0) is 15.4. The van der Waals surface area contributed by atoms with Crippen LogP contribution in [0.1, 0.15) is 15.2 Å². The molecule has 1 N–H and O–H groups in total. The van der Waals surface area contributed by atoms with Crippen LogP contribution in [0.25, 0.3) is 0 Å². The molecule has 2 aromatic rings. The molecule has 1 aromatic heterocycles. The Hall–Kier alpha value is -2.41. The molecule has 0 saturated carbocycles. The van der Waals surface area contributed by atoms with Gasteiger partial charge < -0.3 is 10.2 Å². The molecule has 0 spiro atoms. The number of hydrogen-bond donors (Lipinski definition) is 1. The lowest BCUT2D eigenvalue weighted by Gasteiger charge is -2.18. The van der Waals surface area contributed by atoms with E-state index >= 15 is 0 Å². The maximum absolute atomic E-state index is 12.5. The Balaban J connectivity index is 2.30. The minimum absolute atomic E-state index is 0.104. The molecule has 0 unspecified atom stereocenters. The first-order valence-electron chi connectivity index (χ1n) is 6.27. The first-order valence-corrected chi connectivity index (χ1v) is 7.15. The highest BCUT2D eigenvalue weighted by Gasteiger charge is 2.22. The number of thiophene rings is 1. The summed E-state index contributed by atoms with van der Waals surface area (Å²) in [7, 11) is 3.25.